The van der Waals surface area contributed by atoms with Crippen LogP contribution in [0.15, 0.2) is 291 Å². The minimum Gasteiger partial charge on any atom is -0.310 e. The van der Waals surface area contributed by atoms with E-state index in [1.54, 1.807) is 0 Å². The molecule has 2 nitrogen and oxygen atoms in total. The molecule has 1 aromatic heterocycles. The third kappa shape index (κ3) is 7.92. The predicted molar refractivity (Wildman–Crippen MR) is 306 cm³/mol. The highest BCUT2D eigenvalue weighted by Crippen LogP contribution is 2.42. The summed E-state index contributed by atoms with van der Waals surface area (Å²) in [5.41, 5.74) is 21.1. The van der Waals surface area contributed by atoms with Crippen molar-refractivity contribution >= 4 is 49.6 Å². The summed E-state index contributed by atoms with van der Waals surface area (Å²) in [6.07, 6.45) is 0. The molecule has 0 saturated carbocycles. The maximum Gasteiger partial charge on any atom is 0.0541 e. The van der Waals surface area contributed by atoms with E-state index in [-0.39, 0.29) is 0 Å². The van der Waals surface area contributed by atoms with Crippen LogP contribution in [0.5, 0.6) is 0 Å². The Bertz CT molecular complexity index is 4020. The van der Waals surface area contributed by atoms with Crippen molar-refractivity contribution in [2.75, 3.05) is 4.90 Å². The molecule has 0 radical (unpaired) electrons. The fraction of sp³-hybridized carbons (Fsp3) is 0. The van der Waals surface area contributed by atoms with Crippen molar-refractivity contribution in [2.45, 2.75) is 0 Å². The first kappa shape index (κ1) is 42.6. The van der Waals surface area contributed by atoms with E-state index in [1.165, 1.54) is 93.9 Å². The van der Waals surface area contributed by atoms with Crippen molar-refractivity contribution < 1.29 is 0 Å². The average molecular weight is 917 g/mol. The quantitative estimate of drug-likeness (QED) is 0.133. The zero-order valence-electron chi connectivity index (χ0n) is 39.6. The van der Waals surface area contributed by atoms with Crippen molar-refractivity contribution in [1.29, 1.82) is 0 Å². The predicted octanol–water partition coefficient (Wildman–Crippen LogP) is 19.4. The number of anilines is 3. The lowest BCUT2D eigenvalue weighted by molar-refractivity contribution is 1.18. The SMILES string of the molecule is c1ccc(-c2ccccc2-c2cccc(N(c3ccc(-c4ccc(-c5ccccc5-n5c6ccccc6c6ccccc65)cc4)cc3)c3ccc(-c4cccc(-c5ccc6ccccc6c5)c4)cc3)c2)cc1. The Morgan fingerprint density at radius 2 is 0.653 bits per heavy atom. The maximum atomic E-state index is 2.41. The third-order valence-electron chi connectivity index (χ3n) is 14.2. The van der Waals surface area contributed by atoms with Crippen molar-refractivity contribution in [3.05, 3.63) is 291 Å². The van der Waals surface area contributed by atoms with Crippen LogP contribution >= 0.6 is 0 Å². The molecule has 13 aromatic rings. The summed E-state index contributed by atoms with van der Waals surface area (Å²) >= 11 is 0. The minimum absolute atomic E-state index is 1.08. The molecule has 0 aliphatic heterocycles. The van der Waals surface area contributed by atoms with E-state index in [9.17, 15) is 0 Å². The Morgan fingerprint density at radius 1 is 0.222 bits per heavy atom. The molecule has 0 spiro atoms. The van der Waals surface area contributed by atoms with Crippen molar-refractivity contribution in [2.24, 2.45) is 0 Å². The van der Waals surface area contributed by atoms with Gasteiger partial charge < -0.3 is 9.47 Å². The van der Waals surface area contributed by atoms with Crippen LogP contribution in [-0.2, 0) is 0 Å². The van der Waals surface area contributed by atoms with Gasteiger partial charge in [0.1, 0.15) is 0 Å². The minimum atomic E-state index is 1.08. The zero-order valence-corrected chi connectivity index (χ0v) is 39.6. The molecular weight excluding hydrogens is 869 g/mol. The Balaban J connectivity index is 0.849. The molecule has 0 unspecified atom stereocenters. The van der Waals surface area contributed by atoms with Crippen LogP contribution < -0.4 is 4.90 Å². The lowest BCUT2D eigenvalue weighted by Gasteiger charge is -2.26. The normalized spacial score (nSPS) is 11.3. The van der Waals surface area contributed by atoms with Crippen LogP contribution in [0.3, 0.4) is 0 Å². The second-order valence-electron chi connectivity index (χ2n) is 18.5. The summed E-state index contributed by atoms with van der Waals surface area (Å²) in [6, 6.07) is 106. The zero-order chi connectivity index (χ0) is 47.8. The van der Waals surface area contributed by atoms with E-state index in [1.807, 2.05) is 0 Å². The molecule has 2 heteroatoms. The molecule has 13 rings (SSSR count). The summed E-state index contributed by atoms with van der Waals surface area (Å²) in [4.78, 5) is 2.38. The lowest BCUT2D eigenvalue weighted by Crippen LogP contribution is -2.10. The van der Waals surface area contributed by atoms with E-state index in [0.717, 1.165) is 28.2 Å². The fourth-order valence-electron chi connectivity index (χ4n) is 10.7. The molecule has 12 aromatic carbocycles. The second-order valence-corrected chi connectivity index (χ2v) is 18.5. The van der Waals surface area contributed by atoms with Crippen molar-refractivity contribution in [3.8, 4) is 72.4 Å². The summed E-state index contributed by atoms with van der Waals surface area (Å²) in [7, 11) is 0. The molecule has 1 heterocycles. The molecule has 338 valence electrons. The monoisotopic (exact) mass is 916 g/mol. The molecule has 0 aliphatic carbocycles. The lowest BCUT2D eigenvalue weighted by atomic mass is 9.94. The van der Waals surface area contributed by atoms with Gasteiger partial charge in [0.25, 0.3) is 0 Å². The van der Waals surface area contributed by atoms with Crippen molar-refractivity contribution in [3.63, 3.8) is 0 Å². The highest BCUT2D eigenvalue weighted by molar-refractivity contribution is 6.09. The van der Waals surface area contributed by atoms with Gasteiger partial charge in [0.05, 0.1) is 16.7 Å². The van der Waals surface area contributed by atoms with E-state index in [2.05, 4.69) is 301 Å². The van der Waals surface area contributed by atoms with Gasteiger partial charge in [-0.3, -0.25) is 0 Å². The van der Waals surface area contributed by atoms with Crippen LogP contribution in [0, 0.1) is 0 Å². The smallest absolute Gasteiger partial charge is 0.0541 e. The highest BCUT2D eigenvalue weighted by Gasteiger charge is 2.18. The van der Waals surface area contributed by atoms with E-state index < -0.39 is 0 Å². The standard InChI is InChI=1S/C70H48N2/c1-2-17-53(18-3-1)63-24-6-7-25-64(63)59-22-15-23-62(48-59)71(61-44-40-52(41-45-61)56-20-14-21-57(46-56)58-37-34-49-16-4-5-19-55(49)47-58)60-42-38-51(39-43-60)50-32-35-54(36-33-50)65-26-8-11-29-68(65)72-69-30-12-9-27-66(69)67-28-10-13-31-70(67)72/h1-48H. The summed E-state index contributed by atoms with van der Waals surface area (Å²) < 4.78 is 2.41. The van der Waals surface area contributed by atoms with Gasteiger partial charge in [0.15, 0.2) is 0 Å². The number of benzene rings is 12. The molecular formula is C70H48N2. The van der Waals surface area contributed by atoms with Gasteiger partial charge >= 0.3 is 0 Å². The molecule has 0 aliphatic rings. The Labute approximate surface area is 420 Å². The van der Waals surface area contributed by atoms with Gasteiger partial charge in [-0.25, -0.2) is 0 Å². The van der Waals surface area contributed by atoms with Crippen LogP contribution in [-0.4, -0.2) is 4.57 Å². The van der Waals surface area contributed by atoms with E-state index >= 15 is 0 Å². The first-order valence-electron chi connectivity index (χ1n) is 24.7. The van der Waals surface area contributed by atoms with E-state index in [4.69, 9.17) is 0 Å². The van der Waals surface area contributed by atoms with Gasteiger partial charge in [-0.15, -0.1) is 0 Å². The third-order valence-corrected chi connectivity index (χ3v) is 14.2. The number of hydrogen-bond acceptors (Lipinski definition) is 1. The molecule has 0 fully saturated rings. The number of para-hydroxylation sites is 3. The molecule has 0 saturated heterocycles. The summed E-state index contributed by atoms with van der Waals surface area (Å²) in [5.74, 6) is 0. The van der Waals surface area contributed by atoms with Gasteiger partial charge in [0.2, 0.25) is 0 Å². The highest BCUT2D eigenvalue weighted by atomic mass is 15.1. The van der Waals surface area contributed by atoms with Gasteiger partial charge in [-0.1, -0.05) is 224 Å². The fourth-order valence-corrected chi connectivity index (χ4v) is 10.7. The second kappa shape index (κ2) is 18.4. The largest absolute Gasteiger partial charge is 0.310 e. The maximum absolute atomic E-state index is 2.41. The molecule has 0 bridgehead atoms. The van der Waals surface area contributed by atoms with Crippen molar-refractivity contribution in [1.82, 2.24) is 4.57 Å². The van der Waals surface area contributed by atoms with Crippen LogP contribution in [0.25, 0.3) is 105 Å². The van der Waals surface area contributed by atoms with Gasteiger partial charge in [-0.05, 0) is 139 Å². The number of aromatic nitrogens is 1. The molecule has 72 heavy (non-hydrogen) atoms. The van der Waals surface area contributed by atoms with Gasteiger partial charge in [-0.2, -0.15) is 0 Å². The first-order valence-corrected chi connectivity index (χ1v) is 24.7. The Hall–Kier alpha value is -9.50. The van der Waals surface area contributed by atoms with Crippen LogP contribution in [0.4, 0.5) is 17.1 Å². The average Bonchev–Trinajstić information content (AvgIpc) is 3.80. The summed E-state index contributed by atoms with van der Waals surface area (Å²) in [6.45, 7) is 0. The summed E-state index contributed by atoms with van der Waals surface area (Å²) in [5, 5.41) is 5.02. The molecule has 0 atom stereocenters. The number of fused-ring (bicyclic) bond motifs is 4. The number of rotatable bonds is 10. The number of nitrogens with zero attached hydrogens (tertiary/aromatic N) is 2. The number of hydrogen-bond donors (Lipinski definition) is 0. The van der Waals surface area contributed by atoms with Gasteiger partial charge in [0, 0.05) is 33.4 Å². The van der Waals surface area contributed by atoms with Crippen LogP contribution in [0.2, 0.25) is 0 Å². The molecule has 0 N–H and O–H groups in total. The Morgan fingerprint density at radius 3 is 1.33 bits per heavy atom. The van der Waals surface area contributed by atoms with E-state index in [0.29, 0.717) is 0 Å². The molecule has 0 amide bonds. The Kier molecular flexibility index (Phi) is 10.9. The topological polar surface area (TPSA) is 8.17 Å². The van der Waals surface area contributed by atoms with Crippen LogP contribution in [0.1, 0.15) is 0 Å². The first-order chi connectivity index (χ1) is 35.7.